The van der Waals surface area contributed by atoms with Gasteiger partial charge in [0.1, 0.15) is 12.3 Å². The van der Waals surface area contributed by atoms with E-state index in [-0.39, 0.29) is 5.70 Å². The molecule has 0 radical (unpaired) electrons. The first-order valence-electron chi connectivity index (χ1n) is 8.18. The maximum atomic E-state index is 12.7. The quantitative estimate of drug-likeness (QED) is 0.380. The number of nitrogens with zero attached hydrogens (tertiary/aromatic N) is 1. The second-order valence-electron chi connectivity index (χ2n) is 5.74. The second-order valence-corrected chi connectivity index (χ2v) is 7.03. The Morgan fingerprint density at radius 3 is 2.75 bits per heavy atom. The normalized spacial score (nSPS) is 15.0. The Morgan fingerprint density at radius 1 is 1.29 bits per heavy atom. The zero-order valence-corrected chi connectivity index (χ0v) is 17.2. The molecule has 1 aliphatic rings. The van der Waals surface area contributed by atoms with Crippen LogP contribution < -0.4 is 19.7 Å². The summed E-state index contributed by atoms with van der Waals surface area (Å²) < 4.78 is 11.6. The molecule has 0 saturated carbocycles. The number of amides is 3. The Hall–Kier alpha value is -2.77. The van der Waals surface area contributed by atoms with Gasteiger partial charge in [-0.15, -0.1) is 0 Å². The number of benzene rings is 2. The summed E-state index contributed by atoms with van der Waals surface area (Å²) in [4.78, 5) is 26.1. The van der Waals surface area contributed by atoms with Crippen molar-refractivity contribution in [2.45, 2.75) is 0 Å². The molecular weight excluding hydrogens is 448 g/mol. The van der Waals surface area contributed by atoms with Crippen molar-refractivity contribution in [3.63, 3.8) is 0 Å². The highest BCUT2D eigenvalue weighted by atomic mass is 79.9. The van der Waals surface area contributed by atoms with E-state index in [1.807, 2.05) is 0 Å². The number of nitrogens with one attached hydrogen (secondary N) is 1. The summed E-state index contributed by atoms with van der Waals surface area (Å²) in [7, 11) is 1.52. The summed E-state index contributed by atoms with van der Waals surface area (Å²) in [5.41, 5.74) is 1.18. The van der Waals surface area contributed by atoms with Crippen molar-refractivity contribution in [3.05, 3.63) is 69.8 Å². The summed E-state index contributed by atoms with van der Waals surface area (Å²) in [6, 6.07) is 9.44. The van der Waals surface area contributed by atoms with Crippen LogP contribution in [0.3, 0.4) is 0 Å². The number of urea groups is 1. The SMILES string of the molecule is C=CCOc1c(Br)cc(/C=C2\NC(=O)N(c3cccc(Cl)c3)C2=O)cc1OC. The van der Waals surface area contributed by atoms with Gasteiger partial charge in [-0.1, -0.05) is 30.3 Å². The van der Waals surface area contributed by atoms with Gasteiger partial charge in [-0.2, -0.15) is 0 Å². The molecule has 28 heavy (non-hydrogen) atoms. The Bertz CT molecular complexity index is 990. The monoisotopic (exact) mass is 462 g/mol. The first-order valence-corrected chi connectivity index (χ1v) is 9.35. The number of imide groups is 1. The minimum Gasteiger partial charge on any atom is -0.493 e. The third-order valence-corrected chi connectivity index (χ3v) is 4.68. The number of methoxy groups -OCH3 is 1. The molecule has 0 spiro atoms. The molecule has 1 heterocycles. The molecule has 2 aromatic rings. The van der Waals surface area contributed by atoms with Gasteiger partial charge in [0, 0.05) is 5.02 Å². The maximum Gasteiger partial charge on any atom is 0.333 e. The smallest absolute Gasteiger partial charge is 0.333 e. The van der Waals surface area contributed by atoms with E-state index in [1.54, 1.807) is 48.6 Å². The van der Waals surface area contributed by atoms with Gasteiger partial charge in [-0.25, -0.2) is 9.69 Å². The average Bonchev–Trinajstić information content (AvgIpc) is 2.93. The lowest BCUT2D eigenvalue weighted by Gasteiger charge is -2.13. The molecule has 1 saturated heterocycles. The fourth-order valence-corrected chi connectivity index (χ4v) is 3.42. The van der Waals surface area contributed by atoms with Crippen molar-refractivity contribution in [3.8, 4) is 11.5 Å². The number of halogens is 2. The third kappa shape index (κ3) is 4.05. The Kier molecular flexibility index (Phi) is 6.06. The van der Waals surface area contributed by atoms with Gasteiger partial charge in [-0.3, -0.25) is 4.79 Å². The zero-order chi connectivity index (χ0) is 20.3. The lowest BCUT2D eigenvalue weighted by molar-refractivity contribution is -0.113. The van der Waals surface area contributed by atoms with Crippen molar-refractivity contribution in [2.75, 3.05) is 18.6 Å². The van der Waals surface area contributed by atoms with Crippen LogP contribution in [0.5, 0.6) is 11.5 Å². The fourth-order valence-electron chi connectivity index (χ4n) is 2.66. The van der Waals surface area contributed by atoms with Crippen LogP contribution in [0.4, 0.5) is 10.5 Å². The molecule has 0 atom stereocenters. The molecule has 0 aliphatic carbocycles. The average molecular weight is 464 g/mol. The lowest BCUT2D eigenvalue weighted by Crippen LogP contribution is -2.30. The lowest BCUT2D eigenvalue weighted by atomic mass is 10.1. The van der Waals surface area contributed by atoms with Crippen molar-refractivity contribution < 1.29 is 19.1 Å². The minimum absolute atomic E-state index is 0.138. The highest BCUT2D eigenvalue weighted by Gasteiger charge is 2.35. The van der Waals surface area contributed by atoms with Crippen LogP contribution in [0, 0.1) is 0 Å². The number of anilines is 1. The summed E-state index contributed by atoms with van der Waals surface area (Å²) >= 11 is 9.40. The van der Waals surface area contributed by atoms with Gasteiger partial charge in [0.05, 0.1) is 17.3 Å². The molecule has 0 bridgehead atoms. The van der Waals surface area contributed by atoms with Crippen molar-refractivity contribution >= 4 is 51.2 Å². The van der Waals surface area contributed by atoms with Crippen LogP contribution in [0.2, 0.25) is 5.02 Å². The first kappa shape index (κ1) is 20.0. The van der Waals surface area contributed by atoms with Crippen LogP contribution in [-0.4, -0.2) is 25.7 Å². The van der Waals surface area contributed by atoms with E-state index in [0.29, 0.717) is 38.9 Å². The Labute approximate surface area is 175 Å². The Morgan fingerprint density at radius 2 is 2.07 bits per heavy atom. The highest BCUT2D eigenvalue weighted by molar-refractivity contribution is 9.10. The number of ether oxygens (including phenoxy) is 2. The maximum absolute atomic E-state index is 12.7. The van der Waals surface area contributed by atoms with Crippen molar-refractivity contribution in [1.29, 1.82) is 0 Å². The number of carbonyl (C=O) groups excluding carboxylic acids is 2. The summed E-state index contributed by atoms with van der Waals surface area (Å²) in [5.74, 6) is 0.521. The molecule has 144 valence electrons. The largest absolute Gasteiger partial charge is 0.493 e. The van der Waals surface area contributed by atoms with Crippen LogP contribution in [0.25, 0.3) is 6.08 Å². The van der Waals surface area contributed by atoms with Crippen molar-refractivity contribution in [1.82, 2.24) is 5.32 Å². The third-order valence-electron chi connectivity index (χ3n) is 3.85. The predicted molar refractivity (Wildman–Crippen MR) is 112 cm³/mol. The second kappa shape index (κ2) is 8.50. The molecule has 1 aliphatic heterocycles. The molecule has 1 fully saturated rings. The van der Waals surface area contributed by atoms with Gasteiger partial charge in [-0.05, 0) is 57.9 Å². The van der Waals surface area contributed by atoms with Gasteiger partial charge in [0.15, 0.2) is 11.5 Å². The molecule has 1 N–H and O–H groups in total. The topological polar surface area (TPSA) is 67.9 Å². The van der Waals surface area contributed by atoms with E-state index in [2.05, 4.69) is 27.8 Å². The Balaban J connectivity index is 1.93. The van der Waals surface area contributed by atoms with E-state index >= 15 is 0 Å². The molecule has 3 rings (SSSR count). The minimum atomic E-state index is -0.546. The van der Waals surface area contributed by atoms with Crippen LogP contribution >= 0.6 is 27.5 Å². The predicted octanol–water partition coefficient (Wildman–Crippen LogP) is 4.77. The summed E-state index contributed by atoms with van der Waals surface area (Å²) in [5, 5.41) is 3.01. The van der Waals surface area contributed by atoms with Crippen LogP contribution in [0.1, 0.15) is 5.56 Å². The van der Waals surface area contributed by atoms with E-state index < -0.39 is 11.9 Å². The first-order chi connectivity index (χ1) is 13.4. The molecule has 8 heteroatoms. The number of hydrogen-bond donors (Lipinski definition) is 1. The number of hydrogen-bond acceptors (Lipinski definition) is 4. The highest BCUT2D eigenvalue weighted by Crippen LogP contribution is 2.37. The summed E-state index contributed by atoms with van der Waals surface area (Å²) in [6.07, 6.45) is 3.19. The van der Waals surface area contributed by atoms with Gasteiger partial charge in [0.2, 0.25) is 0 Å². The van der Waals surface area contributed by atoms with E-state index in [9.17, 15) is 9.59 Å². The van der Waals surface area contributed by atoms with Gasteiger partial charge in [0.25, 0.3) is 5.91 Å². The van der Waals surface area contributed by atoms with Crippen LogP contribution in [-0.2, 0) is 4.79 Å². The zero-order valence-electron chi connectivity index (χ0n) is 14.9. The summed E-state index contributed by atoms with van der Waals surface area (Å²) in [6.45, 7) is 3.94. The molecule has 2 aromatic carbocycles. The van der Waals surface area contributed by atoms with Crippen LogP contribution in [0.15, 0.2) is 59.2 Å². The van der Waals surface area contributed by atoms with Gasteiger partial charge >= 0.3 is 6.03 Å². The van der Waals surface area contributed by atoms with Crippen molar-refractivity contribution in [2.24, 2.45) is 0 Å². The standard InChI is InChI=1S/C20H16BrClN2O4/c1-3-7-28-18-15(21)8-12(10-17(18)27-2)9-16-19(25)24(20(26)23-16)14-6-4-5-13(22)11-14/h3-6,8-11H,1,7H2,2H3,(H,23,26)/b16-9-. The van der Waals surface area contributed by atoms with Gasteiger partial charge < -0.3 is 14.8 Å². The molecular formula is C20H16BrClN2O4. The molecule has 0 unspecified atom stereocenters. The fraction of sp³-hybridized carbons (Fsp3) is 0.100. The molecule has 0 aromatic heterocycles. The van der Waals surface area contributed by atoms with E-state index in [1.165, 1.54) is 7.11 Å². The number of rotatable bonds is 6. The molecule has 3 amide bonds. The van der Waals surface area contributed by atoms with E-state index in [4.69, 9.17) is 21.1 Å². The number of carbonyl (C=O) groups is 2. The molecule has 6 nitrogen and oxygen atoms in total. The van der Waals surface area contributed by atoms with E-state index in [0.717, 1.165) is 4.90 Å².